The number of nitrogens with zero attached hydrogens (tertiary/aromatic N) is 2. The highest BCUT2D eigenvalue weighted by atomic mass is 15.2. The molecule has 1 fully saturated rings. The maximum atomic E-state index is 8.70. The van der Waals surface area contributed by atoms with E-state index in [4.69, 9.17) is 5.26 Å². The zero-order valence-corrected chi connectivity index (χ0v) is 8.74. The first kappa shape index (κ1) is 9.94. The largest absolute Gasteiger partial charge is 0.343 e. The summed E-state index contributed by atoms with van der Waals surface area (Å²) in [7, 11) is 0. The minimum absolute atomic E-state index is 0.681. The highest BCUT2D eigenvalue weighted by Crippen LogP contribution is 2.07. The maximum absolute atomic E-state index is 8.70. The van der Waals surface area contributed by atoms with Crippen molar-refractivity contribution in [3.8, 4) is 6.07 Å². The average molecular weight is 204 g/mol. The Labute approximate surface area is 89.5 Å². The number of aromatic nitrogens is 1. The van der Waals surface area contributed by atoms with Crippen molar-refractivity contribution in [2.45, 2.75) is 6.42 Å². The van der Waals surface area contributed by atoms with Crippen LogP contribution < -0.4 is 15.2 Å². The number of pyridine rings is 1. The summed E-state index contributed by atoms with van der Waals surface area (Å²) in [5.74, 6) is 1.12. The van der Waals surface area contributed by atoms with Crippen molar-refractivity contribution in [1.82, 2.24) is 0 Å². The van der Waals surface area contributed by atoms with Crippen molar-refractivity contribution in [3.05, 3.63) is 23.9 Å². The van der Waals surface area contributed by atoms with Crippen LogP contribution in [0.5, 0.6) is 0 Å². The molecule has 0 aliphatic carbocycles. The van der Waals surface area contributed by atoms with E-state index in [1.807, 2.05) is 12.1 Å². The number of hydrogen-bond donors (Lipinski definition) is 1. The lowest BCUT2D eigenvalue weighted by molar-refractivity contribution is -0.650. The van der Waals surface area contributed by atoms with E-state index in [9.17, 15) is 0 Å². The molecule has 0 unspecified atom stereocenters. The molecular weight excluding hydrogens is 188 g/mol. The zero-order chi connectivity index (χ0) is 10.5. The average Bonchev–Trinajstić information content (AvgIpc) is 2.58. The van der Waals surface area contributed by atoms with E-state index in [-0.39, 0.29) is 0 Å². The smallest absolute Gasteiger partial charge is 0.274 e. The molecule has 0 atom stereocenters. The summed E-state index contributed by atoms with van der Waals surface area (Å²) in [6.07, 6.45) is 2.98. The van der Waals surface area contributed by atoms with Gasteiger partial charge in [-0.25, -0.2) is 4.98 Å². The van der Waals surface area contributed by atoms with Crippen LogP contribution in [0.2, 0.25) is 0 Å². The van der Waals surface area contributed by atoms with Crippen LogP contribution in [0.25, 0.3) is 0 Å². The molecule has 4 nitrogen and oxygen atoms in total. The first-order valence-corrected chi connectivity index (χ1v) is 5.38. The molecule has 1 aliphatic heterocycles. The third-order valence-corrected chi connectivity index (χ3v) is 2.71. The summed E-state index contributed by atoms with van der Waals surface area (Å²) in [5, 5.41) is 11.0. The van der Waals surface area contributed by atoms with Gasteiger partial charge in [0.2, 0.25) is 0 Å². The van der Waals surface area contributed by atoms with Crippen LogP contribution in [-0.2, 0) is 0 Å². The van der Waals surface area contributed by atoms with E-state index < -0.39 is 0 Å². The van der Waals surface area contributed by atoms with Gasteiger partial charge in [-0.3, -0.25) is 4.90 Å². The third-order valence-electron chi connectivity index (χ3n) is 2.71. The Balaban J connectivity index is 2.10. The fourth-order valence-electron chi connectivity index (χ4n) is 1.85. The number of H-pyrrole nitrogens is 1. The Hall–Kier alpha value is -1.60. The summed E-state index contributed by atoms with van der Waals surface area (Å²) in [6.45, 7) is 4.53. The fraction of sp³-hybridized carbons (Fsp3) is 0.455. The molecular formula is C11H16N4+2. The molecule has 3 N–H and O–H groups in total. The topological polar surface area (TPSA) is 57.8 Å². The molecule has 0 spiro atoms. The molecule has 15 heavy (non-hydrogen) atoms. The predicted octanol–water partition coefficient (Wildman–Crippen LogP) is -0.854. The highest BCUT2D eigenvalue weighted by molar-refractivity contribution is 5.36. The summed E-state index contributed by atoms with van der Waals surface area (Å²) in [4.78, 5) is 5.51. The molecule has 1 saturated heterocycles. The molecule has 0 saturated carbocycles. The van der Waals surface area contributed by atoms with Crippen molar-refractivity contribution in [2.24, 2.45) is 0 Å². The second kappa shape index (κ2) is 4.76. The van der Waals surface area contributed by atoms with Gasteiger partial charge in [0.05, 0.1) is 18.7 Å². The molecule has 2 heterocycles. The van der Waals surface area contributed by atoms with Gasteiger partial charge in [-0.15, -0.1) is 0 Å². The lowest BCUT2D eigenvalue weighted by atomic mass is 10.3. The number of quaternary nitrogens is 1. The molecule has 0 amide bonds. The fourth-order valence-corrected chi connectivity index (χ4v) is 1.85. The van der Waals surface area contributed by atoms with Crippen LogP contribution in [0.15, 0.2) is 18.3 Å². The van der Waals surface area contributed by atoms with Gasteiger partial charge in [0.15, 0.2) is 0 Å². The number of hydrogen-bond acceptors (Lipinski definition) is 2. The summed E-state index contributed by atoms with van der Waals surface area (Å²) in [6, 6.07) is 5.97. The first-order valence-electron chi connectivity index (χ1n) is 5.38. The van der Waals surface area contributed by atoms with Gasteiger partial charge in [0, 0.05) is 12.5 Å². The van der Waals surface area contributed by atoms with Gasteiger partial charge < -0.3 is 5.32 Å². The standard InChI is InChI=1S/C11H14N4/c12-8-10-2-3-11(14-9-10)15-6-1-4-13-5-7-15/h2-3,9,13H,1,4-7H2/p+2. The van der Waals surface area contributed by atoms with E-state index in [0.29, 0.717) is 5.56 Å². The first-order chi connectivity index (χ1) is 7.40. The molecule has 0 bridgehead atoms. The number of nitriles is 1. The number of nitrogens with two attached hydrogens (primary N) is 1. The molecule has 0 aromatic carbocycles. The Kier molecular flexibility index (Phi) is 3.15. The summed E-state index contributed by atoms with van der Waals surface area (Å²) < 4.78 is 0. The summed E-state index contributed by atoms with van der Waals surface area (Å²) >= 11 is 0. The normalized spacial score (nSPS) is 16.9. The molecule has 1 aromatic rings. The van der Waals surface area contributed by atoms with Crippen LogP contribution in [0.3, 0.4) is 0 Å². The third kappa shape index (κ3) is 2.45. The lowest BCUT2D eigenvalue weighted by Gasteiger charge is -2.11. The van der Waals surface area contributed by atoms with Crippen molar-refractivity contribution in [3.63, 3.8) is 0 Å². The van der Waals surface area contributed by atoms with E-state index in [2.05, 4.69) is 21.3 Å². The van der Waals surface area contributed by atoms with Gasteiger partial charge >= 0.3 is 0 Å². The van der Waals surface area contributed by atoms with Crippen molar-refractivity contribution in [2.75, 3.05) is 31.1 Å². The lowest BCUT2D eigenvalue weighted by Crippen LogP contribution is -2.84. The maximum Gasteiger partial charge on any atom is 0.274 e. The monoisotopic (exact) mass is 204 g/mol. The van der Waals surface area contributed by atoms with E-state index in [1.54, 1.807) is 6.20 Å². The highest BCUT2D eigenvalue weighted by Gasteiger charge is 2.18. The second-order valence-corrected chi connectivity index (χ2v) is 3.78. The van der Waals surface area contributed by atoms with Gasteiger partial charge in [-0.05, 0) is 6.07 Å². The van der Waals surface area contributed by atoms with Gasteiger partial charge in [0.1, 0.15) is 25.4 Å². The Morgan fingerprint density at radius 1 is 1.33 bits per heavy atom. The van der Waals surface area contributed by atoms with Crippen LogP contribution in [0.4, 0.5) is 5.82 Å². The summed E-state index contributed by atoms with van der Waals surface area (Å²) in [5.41, 5.74) is 0.681. The van der Waals surface area contributed by atoms with Gasteiger partial charge in [-0.2, -0.15) is 5.26 Å². The van der Waals surface area contributed by atoms with Crippen molar-refractivity contribution in [1.29, 1.82) is 5.26 Å². The quantitative estimate of drug-likeness (QED) is 0.647. The second-order valence-electron chi connectivity index (χ2n) is 3.78. The van der Waals surface area contributed by atoms with Crippen LogP contribution in [-0.4, -0.2) is 26.2 Å². The van der Waals surface area contributed by atoms with Crippen LogP contribution in [0, 0.1) is 11.3 Å². The van der Waals surface area contributed by atoms with Crippen molar-refractivity contribution >= 4 is 5.82 Å². The molecule has 1 aliphatic rings. The number of rotatable bonds is 1. The Morgan fingerprint density at radius 3 is 3.00 bits per heavy atom. The zero-order valence-electron chi connectivity index (χ0n) is 8.74. The van der Waals surface area contributed by atoms with E-state index >= 15 is 0 Å². The van der Waals surface area contributed by atoms with E-state index in [1.165, 1.54) is 13.0 Å². The molecule has 0 radical (unpaired) electrons. The van der Waals surface area contributed by atoms with Crippen LogP contribution in [0.1, 0.15) is 12.0 Å². The van der Waals surface area contributed by atoms with E-state index in [0.717, 1.165) is 25.5 Å². The van der Waals surface area contributed by atoms with Crippen LogP contribution >= 0.6 is 0 Å². The molecule has 4 heteroatoms. The van der Waals surface area contributed by atoms with Gasteiger partial charge in [-0.1, -0.05) is 0 Å². The Bertz CT molecular complexity index is 344. The number of anilines is 1. The minimum Gasteiger partial charge on any atom is -0.343 e. The predicted molar refractivity (Wildman–Crippen MR) is 56.2 cm³/mol. The SMILES string of the molecule is N#Cc1ccc(N2CCC[NH2+]CC2)[nH+]c1. The number of nitrogens with one attached hydrogen (secondary N) is 1. The molecule has 2 rings (SSSR count). The molecule has 1 aromatic heterocycles. The number of aromatic amines is 1. The van der Waals surface area contributed by atoms with Crippen molar-refractivity contribution < 1.29 is 10.3 Å². The molecule has 78 valence electrons. The van der Waals surface area contributed by atoms with Gasteiger partial charge in [0.25, 0.3) is 5.82 Å². The Morgan fingerprint density at radius 2 is 2.27 bits per heavy atom. The minimum atomic E-state index is 0.681.